The molecule has 4 aliphatic rings. The summed E-state index contributed by atoms with van der Waals surface area (Å²) in [7, 11) is 0. The van der Waals surface area contributed by atoms with Crippen molar-refractivity contribution in [2.45, 2.75) is 104 Å². The van der Waals surface area contributed by atoms with E-state index in [0.29, 0.717) is 56.8 Å². The van der Waals surface area contributed by atoms with Crippen molar-refractivity contribution in [3.63, 3.8) is 0 Å². The number of ether oxygens (including phenoxy) is 4. The van der Waals surface area contributed by atoms with Crippen LogP contribution in [0.2, 0.25) is 0 Å². The Balaban J connectivity index is 0.000000186. The monoisotopic (exact) mass is 850 g/mol. The second-order valence-corrected chi connectivity index (χ2v) is 17.2. The van der Waals surface area contributed by atoms with Crippen LogP contribution in [0.3, 0.4) is 0 Å². The number of nitrogens with zero attached hydrogens (tertiary/aromatic N) is 4. The van der Waals surface area contributed by atoms with Gasteiger partial charge in [0, 0.05) is 52.5 Å². The molecule has 2 aromatic carbocycles. The quantitative estimate of drug-likeness (QED) is 0.112. The minimum absolute atomic E-state index is 0.00161. The number of rotatable bonds is 13. The Morgan fingerprint density at radius 2 is 1.18 bits per heavy atom. The largest absolute Gasteiger partial charge is 0.462 e. The molecule has 8 rings (SSSR count). The summed E-state index contributed by atoms with van der Waals surface area (Å²) in [6.45, 7) is 11.8. The summed E-state index contributed by atoms with van der Waals surface area (Å²) in [6.07, 6.45) is 9.08. The lowest BCUT2D eigenvalue weighted by atomic mass is 9.76. The molecule has 2 fully saturated rings. The summed E-state index contributed by atoms with van der Waals surface area (Å²) in [4.78, 5) is 50.1. The van der Waals surface area contributed by atoms with Crippen LogP contribution in [-0.2, 0) is 51.2 Å². The number of amides is 2. The Morgan fingerprint density at radius 1 is 0.694 bits per heavy atom. The lowest BCUT2D eigenvalue weighted by Gasteiger charge is -2.36. The lowest BCUT2D eigenvalue weighted by molar-refractivity contribution is 0.0150. The molecular weight excluding hydrogens is 789 g/mol. The smallest absolute Gasteiger partial charge is 0.338 e. The van der Waals surface area contributed by atoms with Crippen LogP contribution in [-0.4, -0.2) is 96.0 Å². The third-order valence-electron chi connectivity index (χ3n) is 13.0. The molecule has 62 heavy (non-hydrogen) atoms. The Labute approximate surface area is 364 Å². The highest BCUT2D eigenvalue weighted by molar-refractivity contribution is 5.97. The normalized spacial score (nSPS) is 18.2. The molecule has 14 heteroatoms. The molecule has 0 radical (unpaired) electrons. The van der Waals surface area contributed by atoms with E-state index in [0.717, 1.165) is 118 Å². The number of hydrogen-bond acceptors (Lipinski definition) is 10. The van der Waals surface area contributed by atoms with Gasteiger partial charge < -0.3 is 29.6 Å². The first kappa shape index (κ1) is 44.7. The van der Waals surface area contributed by atoms with Gasteiger partial charge in [-0.3, -0.25) is 19.0 Å². The molecule has 2 amide bonds. The molecule has 4 aromatic rings. The molecule has 0 bridgehead atoms. The summed E-state index contributed by atoms with van der Waals surface area (Å²) in [5, 5.41) is 15.9. The van der Waals surface area contributed by atoms with Gasteiger partial charge in [-0.15, -0.1) is 0 Å². The number of hydrogen-bond donors (Lipinski definition) is 2. The van der Waals surface area contributed by atoms with Crippen LogP contribution in [0.1, 0.15) is 136 Å². The lowest BCUT2D eigenvalue weighted by Crippen LogP contribution is -2.41. The van der Waals surface area contributed by atoms with Gasteiger partial charge in [0.25, 0.3) is 11.8 Å². The van der Waals surface area contributed by atoms with E-state index in [4.69, 9.17) is 29.1 Å². The number of carbonyl (C=O) groups is 4. The summed E-state index contributed by atoms with van der Waals surface area (Å²) in [5.41, 5.74) is 6.45. The standard InChI is InChI=1S/2C24H31N3O4/c1-3-19-21-20(15-24(16-25-22(21)28)10-13-30-14-11-24)27(26-19)17(2)9-12-31-23(29)18-7-5-4-6-8-18;1-2-19-21-20(16-24(17-25-22(21)28)10-14-30-15-11-24)27(26-19)12-6-7-13-31-23(29)18-8-4-3-5-9-18/h4-8,17H,3,9-16H2,1-2H3,(H,25,28);3-5,8-9H,2,6-7,10-17H2,1H3,(H,25,28). The van der Waals surface area contributed by atoms with Crippen molar-refractivity contribution in [1.82, 2.24) is 30.2 Å². The van der Waals surface area contributed by atoms with Gasteiger partial charge in [0.15, 0.2) is 0 Å². The number of esters is 2. The summed E-state index contributed by atoms with van der Waals surface area (Å²) in [5.74, 6) is -0.635. The maximum atomic E-state index is 12.9. The molecule has 0 saturated carbocycles. The average molecular weight is 851 g/mol. The van der Waals surface area contributed by atoms with Crippen molar-refractivity contribution in [1.29, 1.82) is 0 Å². The van der Waals surface area contributed by atoms with Crippen LogP contribution in [0.5, 0.6) is 0 Å². The second kappa shape index (κ2) is 20.7. The van der Waals surface area contributed by atoms with Gasteiger partial charge in [-0.05, 0) is 106 Å². The van der Waals surface area contributed by atoms with Crippen molar-refractivity contribution in [3.8, 4) is 0 Å². The fourth-order valence-corrected chi connectivity index (χ4v) is 9.14. The van der Waals surface area contributed by atoms with E-state index < -0.39 is 0 Å². The number of fused-ring (bicyclic) bond motifs is 2. The molecule has 2 saturated heterocycles. The highest BCUT2D eigenvalue weighted by Crippen LogP contribution is 2.39. The van der Waals surface area contributed by atoms with Gasteiger partial charge in [0.2, 0.25) is 0 Å². The highest BCUT2D eigenvalue weighted by atomic mass is 16.5. The van der Waals surface area contributed by atoms with Crippen molar-refractivity contribution in [2.24, 2.45) is 10.8 Å². The van der Waals surface area contributed by atoms with Crippen LogP contribution in [0, 0.1) is 10.8 Å². The van der Waals surface area contributed by atoms with E-state index in [1.165, 1.54) is 0 Å². The Hall–Kier alpha value is -5.34. The maximum Gasteiger partial charge on any atom is 0.338 e. The van der Waals surface area contributed by atoms with E-state index in [2.05, 4.69) is 17.6 Å². The fourth-order valence-electron chi connectivity index (χ4n) is 9.14. The average Bonchev–Trinajstić information content (AvgIpc) is 3.76. The second-order valence-electron chi connectivity index (χ2n) is 17.2. The summed E-state index contributed by atoms with van der Waals surface area (Å²) in [6, 6.07) is 18.1. The molecule has 4 aliphatic heterocycles. The Morgan fingerprint density at radius 3 is 1.71 bits per heavy atom. The molecule has 1 atom stereocenters. The van der Waals surface area contributed by atoms with Crippen LogP contribution in [0.15, 0.2) is 60.7 Å². The number of nitrogens with one attached hydrogen (secondary N) is 2. The fraction of sp³-hybridized carbons (Fsp3) is 0.542. The zero-order valence-electron chi connectivity index (χ0n) is 36.5. The highest BCUT2D eigenvalue weighted by Gasteiger charge is 2.41. The summed E-state index contributed by atoms with van der Waals surface area (Å²) >= 11 is 0. The van der Waals surface area contributed by atoms with E-state index in [1.54, 1.807) is 24.3 Å². The van der Waals surface area contributed by atoms with Crippen LogP contribution in [0.4, 0.5) is 0 Å². The van der Waals surface area contributed by atoms with Gasteiger partial charge in [0.05, 0.1) is 64.3 Å². The van der Waals surface area contributed by atoms with Crippen molar-refractivity contribution in [2.75, 3.05) is 52.7 Å². The Bertz CT molecular complexity index is 2150. The predicted octanol–water partition coefficient (Wildman–Crippen LogP) is 6.50. The number of unbranched alkanes of at least 4 members (excludes halogenated alkanes) is 1. The van der Waals surface area contributed by atoms with Crippen molar-refractivity contribution < 1.29 is 38.1 Å². The maximum absolute atomic E-state index is 12.9. The van der Waals surface area contributed by atoms with Gasteiger partial charge in [-0.2, -0.15) is 10.2 Å². The molecule has 332 valence electrons. The Kier molecular flexibility index (Phi) is 14.9. The first-order chi connectivity index (χ1) is 30.1. The SMILES string of the molecule is CCc1nn(C(C)CCOC(=O)c2ccccc2)c2c1C(=O)NCC1(CCOCC1)C2.CCc1nn(CCCCOC(=O)c2ccccc2)c2c1C(=O)NCC1(CCOCC1)C2. The number of aromatic nitrogens is 4. The first-order valence-corrected chi connectivity index (χ1v) is 22.5. The van der Waals surface area contributed by atoms with E-state index in [9.17, 15) is 19.2 Å². The van der Waals surface area contributed by atoms with E-state index >= 15 is 0 Å². The topological polar surface area (TPSA) is 165 Å². The first-order valence-electron chi connectivity index (χ1n) is 22.5. The number of aryl methyl sites for hydroxylation is 3. The third-order valence-corrected chi connectivity index (χ3v) is 13.0. The van der Waals surface area contributed by atoms with Gasteiger partial charge in [-0.25, -0.2) is 9.59 Å². The molecule has 0 aliphatic carbocycles. The van der Waals surface area contributed by atoms with E-state index in [-0.39, 0.29) is 40.6 Å². The van der Waals surface area contributed by atoms with E-state index in [1.807, 2.05) is 59.6 Å². The number of carbonyl (C=O) groups excluding carboxylic acids is 4. The summed E-state index contributed by atoms with van der Waals surface area (Å²) < 4.78 is 26.1. The molecular formula is C48H62N6O8. The van der Waals surface area contributed by atoms with Crippen molar-refractivity contribution in [3.05, 3.63) is 106 Å². The van der Waals surface area contributed by atoms with Crippen molar-refractivity contribution >= 4 is 23.8 Å². The van der Waals surface area contributed by atoms with Gasteiger partial charge >= 0.3 is 11.9 Å². The molecule has 2 N–H and O–H groups in total. The van der Waals surface area contributed by atoms with Crippen LogP contribution in [0.25, 0.3) is 0 Å². The predicted molar refractivity (Wildman–Crippen MR) is 232 cm³/mol. The van der Waals surface area contributed by atoms with Gasteiger partial charge in [0.1, 0.15) is 0 Å². The van der Waals surface area contributed by atoms with Crippen LogP contribution < -0.4 is 10.6 Å². The third kappa shape index (κ3) is 10.5. The van der Waals surface area contributed by atoms with Crippen LogP contribution >= 0.6 is 0 Å². The zero-order valence-corrected chi connectivity index (χ0v) is 36.5. The minimum atomic E-state index is -0.318. The number of benzene rings is 2. The molecule has 1 unspecified atom stereocenters. The molecule has 2 aromatic heterocycles. The molecule has 2 spiro atoms. The molecule has 6 heterocycles. The minimum Gasteiger partial charge on any atom is -0.462 e. The van der Waals surface area contributed by atoms with Gasteiger partial charge in [-0.1, -0.05) is 50.2 Å². The zero-order chi connectivity index (χ0) is 43.5. The molecule has 14 nitrogen and oxygen atoms in total.